The Hall–Kier alpha value is -1.66. The third-order valence-electron chi connectivity index (χ3n) is 16.0. The smallest absolute Gasteiger partial charge is 0.305 e. The van der Waals surface area contributed by atoms with Crippen molar-refractivity contribution >= 4 is 11.9 Å². The molecule has 75 heavy (non-hydrogen) atoms. The summed E-state index contributed by atoms with van der Waals surface area (Å²) in [5, 5.41) is 23.1. The predicted molar refractivity (Wildman–Crippen MR) is 329 cm³/mol. The number of hydrogen-bond donors (Lipinski definition) is 3. The second-order valence-electron chi connectivity index (χ2n) is 23.5. The predicted octanol–water partition coefficient (Wildman–Crippen LogP) is 21.8. The molecule has 2 unspecified atom stereocenters. The van der Waals surface area contributed by atoms with Crippen molar-refractivity contribution in [3.63, 3.8) is 0 Å². The summed E-state index contributed by atoms with van der Waals surface area (Å²) in [4.78, 5) is 24.5. The lowest BCUT2D eigenvalue weighted by Gasteiger charge is -2.22. The van der Waals surface area contributed by atoms with Gasteiger partial charge in [0, 0.05) is 12.8 Å². The fraction of sp³-hybridized carbons (Fsp3) is 0.913. The van der Waals surface area contributed by atoms with Crippen molar-refractivity contribution in [3.05, 3.63) is 24.3 Å². The maximum atomic E-state index is 12.4. The van der Waals surface area contributed by atoms with Crippen LogP contribution in [0.5, 0.6) is 0 Å². The number of carbonyl (C=O) groups excluding carboxylic acids is 2. The van der Waals surface area contributed by atoms with Crippen LogP contribution >= 0.6 is 0 Å². The molecular formula is C69H133NO5. The molecule has 0 fully saturated rings. The van der Waals surface area contributed by atoms with E-state index >= 15 is 0 Å². The highest BCUT2D eigenvalue weighted by Crippen LogP contribution is 2.19. The summed E-state index contributed by atoms with van der Waals surface area (Å²) >= 11 is 0. The van der Waals surface area contributed by atoms with Crippen LogP contribution in [-0.4, -0.2) is 47.4 Å². The van der Waals surface area contributed by atoms with E-state index in [1.54, 1.807) is 0 Å². The molecule has 0 saturated carbocycles. The molecule has 0 aromatic carbocycles. The van der Waals surface area contributed by atoms with Crippen LogP contribution < -0.4 is 5.32 Å². The summed E-state index contributed by atoms with van der Waals surface area (Å²) in [6.45, 7) is 4.91. The van der Waals surface area contributed by atoms with Crippen LogP contribution in [-0.2, 0) is 14.3 Å². The molecule has 3 N–H and O–H groups in total. The van der Waals surface area contributed by atoms with E-state index in [2.05, 4.69) is 43.5 Å². The van der Waals surface area contributed by atoms with Gasteiger partial charge in [-0.15, -0.1) is 0 Å². The van der Waals surface area contributed by atoms with Gasteiger partial charge in [0.15, 0.2) is 0 Å². The van der Waals surface area contributed by atoms with E-state index < -0.39 is 12.1 Å². The van der Waals surface area contributed by atoms with Crippen molar-refractivity contribution in [2.45, 2.75) is 392 Å². The molecule has 0 aliphatic heterocycles. The Balaban J connectivity index is 3.27. The van der Waals surface area contributed by atoms with Gasteiger partial charge in [-0.2, -0.15) is 0 Å². The normalized spacial score (nSPS) is 12.6. The van der Waals surface area contributed by atoms with Crippen molar-refractivity contribution in [3.8, 4) is 0 Å². The molecule has 0 aromatic rings. The summed E-state index contributed by atoms with van der Waals surface area (Å²) in [6, 6.07) is -0.534. The first-order valence-corrected chi connectivity index (χ1v) is 34.1. The Labute approximate surface area is 469 Å². The van der Waals surface area contributed by atoms with Gasteiger partial charge in [0.25, 0.3) is 0 Å². The van der Waals surface area contributed by atoms with E-state index in [-0.39, 0.29) is 18.5 Å². The molecule has 2 atom stereocenters. The zero-order valence-electron chi connectivity index (χ0n) is 50.8. The number of ether oxygens (including phenoxy) is 1. The van der Waals surface area contributed by atoms with Gasteiger partial charge in [-0.1, -0.05) is 340 Å². The van der Waals surface area contributed by atoms with E-state index in [1.165, 1.54) is 295 Å². The molecule has 0 radical (unpaired) electrons. The summed E-state index contributed by atoms with van der Waals surface area (Å²) in [5.41, 5.74) is 0. The Bertz CT molecular complexity index is 1170. The molecule has 0 heterocycles. The van der Waals surface area contributed by atoms with Crippen molar-refractivity contribution in [1.29, 1.82) is 0 Å². The summed E-state index contributed by atoms with van der Waals surface area (Å²) in [7, 11) is 0. The van der Waals surface area contributed by atoms with Gasteiger partial charge in [0.05, 0.1) is 25.4 Å². The number of hydrogen-bond acceptors (Lipinski definition) is 5. The van der Waals surface area contributed by atoms with Gasteiger partial charge < -0.3 is 20.3 Å². The third kappa shape index (κ3) is 61.4. The second kappa shape index (κ2) is 64.9. The minimum atomic E-state index is -0.657. The highest BCUT2D eigenvalue weighted by molar-refractivity contribution is 5.76. The van der Waals surface area contributed by atoms with Crippen LogP contribution in [0.3, 0.4) is 0 Å². The number of carbonyl (C=O) groups is 2. The van der Waals surface area contributed by atoms with Gasteiger partial charge in [-0.25, -0.2) is 0 Å². The molecule has 1 amide bonds. The zero-order chi connectivity index (χ0) is 54.3. The van der Waals surface area contributed by atoms with Crippen molar-refractivity contribution < 1.29 is 24.5 Å². The van der Waals surface area contributed by atoms with E-state index in [0.29, 0.717) is 25.9 Å². The standard InChI is InChI=1S/C69H133NO5/c1-3-5-7-9-11-13-14-15-40-43-47-51-55-59-63-69(74)75-64-60-56-52-48-44-41-38-36-34-32-30-28-26-24-22-20-18-16-17-19-21-23-25-27-29-31-33-35-37-39-42-46-50-54-58-62-68(73)70-66(65-71)67(72)61-57-53-49-45-12-10-8-6-4-2/h9,11,14-15,66-67,71-72H,3-8,10,12-13,16-65H2,1-2H3,(H,70,73)/b11-9-,15-14-. The van der Waals surface area contributed by atoms with Crippen LogP contribution in [0.4, 0.5) is 0 Å². The SMILES string of the molecule is CCCC/C=C\C/C=C\CCCCCCCC(=O)OCCCCCCCCCCCCCCCCCCCCCCCCCCCCCCCCCCCCCC(=O)NC(CO)C(O)CCCCCCCCCCC. The van der Waals surface area contributed by atoms with Crippen LogP contribution in [0.1, 0.15) is 380 Å². The van der Waals surface area contributed by atoms with Gasteiger partial charge in [-0.05, 0) is 51.4 Å². The number of nitrogens with one attached hydrogen (secondary N) is 1. The van der Waals surface area contributed by atoms with Crippen LogP contribution in [0, 0.1) is 0 Å². The Morgan fingerprint density at radius 3 is 1.05 bits per heavy atom. The number of esters is 1. The Morgan fingerprint density at radius 1 is 0.373 bits per heavy atom. The largest absolute Gasteiger partial charge is 0.466 e. The third-order valence-corrected chi connectivity index (χ3v) is 16.0. The van der Waals surface area contributed by atoms with E-state index in [4.69, 9.17) is 4.74 Å². The van der Waals surface area contributed by atoms with Gasteiger partial charge >= 0.3 is 5.97 Å². The average molecular weight is 1060 g/mol. The first-order valence-electron chi connectivity index (χ1n) is 34.1. The van der Waals surface area contributed by atoms with Gasteiger partial charge in [0.1, 0.15) is 0 Å². The van der Waals surface area contributed by atoms with E-state index in [9.17, 15) is 19.8 Å². The molecule has 0 aromatic heterocycles. The lowest BCUT2D eigenvalue weighted by molar-refractivity contribution is -0.143. The minimum Gasteiger partial charge on any atom is -0.466 e. The van der Waals surface area contributed by atoms with Gasteiger partial charge in [-0.3, -0.25) is 9.59 Å². The molecule has 0 saturated heterocycles. The topological polar surface area (TPSA) is 95.9 Å². The quantitative estimate of drug-likeness (QED) is 0.0320. The van der Waals surface area contributed by atoms with Crippen molar-refractivity contribution in [1.82, 2.24) is 5.32 Å². The molecule has 6 nitrogen and oxygen atoms in total. The fourth-order valence-electron chi connectivity index (χ4n) is 10.8. The minimum absolute atomic E-state index is 0.00815. The summed E-state index contributed by atoms with van der Waals surface area (Å²) in [6.07, 6.45) is 81.0. The lowest BCUT2D eigenvalue weighted by atomic mass is 10.0. The van der Waals surface area contributed by atoms with E-state index in [0.717, 1.165) is 51.4 Å². The highest BCUT2D eigenvalue weighted by Gasteiger charge is 2.20. The maximum Gasteiger partial charge on any atom is 0.305 e. The number of unbranched alkanes of at least 4 members (excludes halogenated alkanes) is 49. The molecular weight excluding hydrogens is 923 g/mol. The van der Waals surface area contributed by atoms with E-state index in [1.807, 2.05) is 0 Å². The van der Waals surface area contributed by atoms with Crippen molar-refractivity contribution in [2.24, 2.45) is 0 Å². The highest BCUT2D eigenvalue weighted by atomic mass is 16.5. The lowest BCUT2D eigenvalue weighted by Crippen LogP contribution is -2.45. The van der Waals surface area contributed by atoms with Crippen LogP contribution in [0.25, 0.3) is 0 Å². The number of allylic oxidation sites excluding steroid dienone is 4. The molecule has 0 aliphatic rings. The van der Waals surface area contributed by atoms with Crippen molar-refractivity contribution in [2.75, 3.05) is 13.2 Å². The van der Waals surface area contributed by atoms with Gasteiger partial charge in [0.2, 0.25) is 5.91 Å². The number of amides is 1. The van der Waals surface area contributed by atoms with Crippen LogP contribution in [0.2, 0.25) is 0 Å². The van der Waals surface area contributed by atoms with Crippen LogP contribution in [0.15, 0.2) is 24.3 Å². The number of aliphatic hydroxyl groups excluding tert-OH is 2. The zero-order valence-corrected chi connectivity index (χ0v) is 50.8. The first kappa shape index (κ1) is 73.3. The number of aliphatic hydroxyl groups is 2. The molecule has 6 heteroatoms. The molecule has 0 bridgehead atoms. The second-order valence-corrected chi connectivity index (χ2v) is 23.5. The summed E-state index contributed by atoms with van der Waals surface area (Å²) in [5.74, 6) is -0.0223. The fourth-order valence-corrected chi connectivity index (χ4v) is 10.8. The molecule has 0 aliphatic carbocycles. The monoisotopic (exact) mass is 1060 g/mol. The average Bonchev–Trinajstić information content (AvgIpc) is 3.41. The maximum absolute atomic E-state index is 12.4. The Kier molecular flexibility index (Phi) is 63.4. The molecule has 444 valence electrons. The molecule has 0 spiro atoms. The Morgan fingerprint density at radius 2 is 0.680 bits per heavy atom. The summed E-state index contributed by atoms with van der Waals surface area (Å²) < 4.78 is 5.48. The molecule has 0 rings (SSSR count). The number of rotatable bonds is 64. The first-order chi connectivity index (χ1) is 37.0.